The van der Waals surface area contributed by atoms with E-state index in [4.69, 9.17) is 0 Å². The number of aromatic amines is 1. The first kappa shape index (κ1) is 17.2. The van der Waals surface area contributed by atoms with Crippen molar-refractivity contribution in [3.8, 4) is 0 Å². The minimum Gasteiger partial charge on any atom is -0.348 e. The molecule has 6 heteroatoms. The van der Waals surface area contributed by atoms with Crippen LogP contribution in [-0.2, 0) is 11.3 Å². The largest absolute Gasteiger partial charge is 0.348 e. The van der Waals surface area contributed by atoms with Gasteiger partial charge in [-0.05, 0) is 41.3 Å². The summed E-state index contributed by atoms with van der Waals surface area (Å²) in [5.41, 5.74) is 1.57. The van der Waals surface area contributed by atoms with E-state index in [1.807, 2.05) is 12.1 Å². The molecule has 2 aromatic carbocycles. The molecule has 0 fully saturated rings. The lowest BCUT2D eigenvalue weighted by atomic mass is 10.1. The summed E-state index contributed by atoms with van der Waals surface area (Å²) < 4.78 is 0. The van der Waals surface area contributed by atoms with Gasteiger partial charge in [0.2, 0.25) is 5.91 Å². The summed E-state index contributed by atoms with van der Waals surface area (Å²) in [7, 11) is 0. The highest BCUT2D eigenvalue weighted by molar-refractivity contribution is 6.00. The molecule has 0 unspecified atom stereocenters. The van der Waals surface area contributed by atoms with Gasteiger partial charge in [0.15, 0.2) is 0 Å². The van der Waals surface area contributed by atoms with Crippen LogP contribution in [0.25, 0.3) is 10.8 Å². The number of benzene rings is 2. The molecule has 0 bridgehead atoms. The first-order valence-corrected chi connectivity index (χ1v) is 7.99. The zero-order chi connectivity index (χ0) is 18.5. The molecule has 0 spiro atoms. The Morgan fingerprint density at radius 1 is 1.08 bits per heavy atom. The second-order valence-corrected chi connectivity index (χ2v) is 5.65. The van der Waals surface area contributed by atoms with E-state index in [1.165, 1.54) is 0 Å². The van der Waals surface area contributed by atoms with E-state index in [1.54, 1.807) is 42.6 Å². The molecule has 26 heavy (non-hydrogen) atoms. The summed E-state index contributed by atoms with van der Waals surface area (Å²) in [5.74, 6) is -0.628. The number of aromatic nitrogens is 1. The second kappa shape index (κ2) is 7.48. The maximum Gasteiger partial charge on any atom is 0.255 e. The van der Waals surface area contributed by atoms with Gasteiger partial charge in [-0.2, -0.15) is 0 Å². The Morgan fingerprint density at radius 3 is 2.62 bits per heavy atom. The molecule has 0 radical (unpaired) electrons. The van der Waals surface area contributed by atoms with Crippen LogP contribution >= 0.6 is 0 Å². The fourth-order valence-electron chi connectivity index (χ4n) is 2.62. The predicted octanol–water partition coefficient (Wildman–Crippen LogP) is 2.58. The van der Waals surface area contributed by atoms with Gasteiger partial charge in [0.1, 0.15) is 0 Å². The van der Waals surface area contributed by atoms with Gasteiger partial charge in [-0.25, -0.2) is 0 Å². The molecule has 0 saturated carbocycles. The van der Waals surface area contributed by atoms with Crippen molar-refractivity contribution in [1.82, 2.24) is 10.3 Å². The topological polar surface area (TPSA) is 91.1 Å². The molecule has 3 rings (SSSR count). The van der Waals surface area contributed by atoms with Crippen molar-refractivity contribution in [2.24, 2.45) is 0 Å². The number of hydrogen-bond donors (Lipinski definition) is 3. The molecule has 6 nitrogen and oxygen atoms in total. The van der Waals surface area contributed by atoms with Crippen molar-refractivity contribution in [2.75, 3.05) is 5.32 Å². The van der Waals surface area contributed by atoms with Crippen molar-refractivity contribution < 1.29 is 9.59 Å². The fourth-order valence-corrected chi connectivity index (χ4v) is 2.62. The highest BCUT2D eigenvalue weighted by Crippen LogP contribution is 2.15. The number of hydrogen-bond acceptors (Lipinski definition) is 3. The molecule has 130 valence electrons. The molecule has 3 N–H and O–H groups in total. The molecule has 0 aliphatic carbocycles. The van der Waals surface area contributed by atoms with Gasteiger partial charge in [-0.15, -0.1) is 0 Å². The molecular formula is C20H17N3O3. The summed E-state index contributed by atoms with van der Waals surface area (Å²) in [6, 6.07) is 13.8. The lowest BCUT2D eigenvalue weighted by Gasteiger charge is -2.09. The van der Waals surface area contributed by atoms with Gasteiger partial charge < -0.3 is 15.6 Å². The van der Waals surface area contributed by atoms with Crippen LogP contribution in [0.3, 0.4) is 0 Å². The summed E-state index contributed by atoms with van der Waals surface area (Å²) in [4.78, 5) is 38.3. The Hall–Kier alpha value is -3.67. The highest BCUT2D eigenvalue weighted by Gasteiger charge is 2.09. The quantitative estimate of drug-likeness (QED) is 0.620. The lowest BCUT2D eigenvalue weighted by Crippen LogP contribution is -2.23. The number of carbonyl (C=O) groups excluding carboxylic acids is 2. The number of nitrogens with one attached hydrogen (secondary N) is 3. The Kier molecular flexibility index (Phi) is 4.94. The SMILES string of the molecule is C=CC(=O)Nc1cccc(C(=O)NCc2c[nH]c(=O)c3ccccc23)c1. The average Bonchev–Trinajstić information content (AvgIpc) is 2.67. The normalized spacial score (nSPS) is 10.3. The van der Waals surface area contributed by atoms with E-state index in [-0.39, 0.29) is 23.9 Å². The number of carbonyl (C=O) groups is 2. The van der Waals surface area contributed by atoms with Crippen molar-refractivity contribution in [3.63, 3.8) is 0 Å². The Balaban J connectivity index is 1.77. The van der Waals surface area contributed by atoms with Crippen LogP contribution in [0.4, 0.5) is 5.69 Å². The van der Waals surface area contributed by atoms with Gasteiger partial charge in [0.25, 0.3) is 11.5 Å². The van der Waals surface area contributed by atoms with E-state index >= 15 is 0 Å². The lowest BCUT2D eigenvalue weighted by molar-refractivity contribution is -0.111. The minimum atomic E-state index is -0.345. The molecule has 2 amide bonds. The smallest absolute Gasteiger partial charge is 0.255 e. The molecule has 3 aromatic rings. The van der Waals surface area contributed by atoms with E-state index in [9.17, 15) is 14.4 Å². The second-order valence-electron chi connectivity index (χ2n) is 5.65. The van der Waals surface area contributed by atoms with Crippen LogP contribution in [0.2, 0.25) is 0 Å². The summed E-state index contributed by atoms with van der Waals surface area (Å²) in [5, 5.41) is 6.81. The third-order valence-electron chi connectivity index (χ3n) is 3.91. The first-order chi connectivity index (χ1) is 12.6. The summed E-state index contributed by atoms with van der Waals surface area (Å²) >= 11 is 0. The fraction of sp³-hybridized carbons (Fsp3) is 0.0500. The third kappa shape index (κ3) is 3.70. The van der Waals surface area contributed by atoms with Crippen LogP contribution in [-0.4, -0.2) is 16.8 Å². The number of amides is 2. The van der Waals surface area contributed by atoms with Gasteiger partial charge in [-0.3, -0.25) is 14.4 Å². The number of H-pyrrole nitrogens is 1. The molecule has 1 heterocycles. The van der Waals surface area contributed by atoms with E-state index in [0.717, 1.165) is 17.0 Å². The van der Waals surface area contributed by atoms with Crippen molar-refractivity contribution in [1.29, 1.82) is 0 Å². The van der Waals surface area contributed by atoms with E-state index in [2.05, 4.69) is 22.2 Å². The van der Waals surface area contributed by atoms with Gasteiger partial charge in [0.05, 0.1) is 0 Å². The van der Waals surface area contributed by atoms with E-state index in [0.29, 0.717) is 16.6 Å². The van der Waals surface area contributed by atoms with Crippen LogP contribution in [0.15, 0.2) is 72.2 Å². The van der Waals surface area contributed by atoms with Crippen LogP contribution in [0.1, 0.15) is 15.9 Å². The van der Waals surface area contributed by atoms with Crippen LogP contribution in [0, 0.1) is 0 Å². The van der Waals surface area contributed by atoms with Crippen molar-refractivity contribution in [3.05, 3.63) is 88.9 Å². The molecule has 0 aliphatic heterocycles. The Morgan fingerprint density at radius 2 is 1.85 bits per heavy atom. The summed E-state index contributed by atoms with van der Waals surface area (Å²) in [6.07, 6.45) is 2.76. The molecule has 0 aliphatic rings. The molecule has 0 saturated heterocycles. The first-order valence-electron chi connectivity index (χ1n) is 7.99. The van der Waals surface area contributed by atoms with Crippen molar-refractivity contribution >= 4 is 28.3 Å². The molecule has 1 aromatic heterocycles. The average molecular weight is 347 g/mol. The van der Waals surface area contributed by atoms with Crippen LogP contribution in [0.5, 0.6) is 0 Å². The number of anilines is 1. The van der Waals surface area contributed by atoms with Crippen molar-refractivity contribution in [2.45, 2.75) is 6.54 Å². The number of rotatable bonds is 5. The monoisotopic (exact) mass is 347 g/mol. The Labute approximate surface area is 149 Å². The number of pyridine rings is 1. The highest BCUT2D eigenvalue weighted by atomic mass is 16.2. The van der Waals surface area contributed by atoms with Gasteiger partial charge in [-0.1, -0.05) is 30.8 Å². The predicted molar refractivity (Wildman–Crippen MR) is 101 cm³/mol. The molecule has 0 atom stereocenters. The maximum atomic E-state index is 12.4. The maximum absolute atomic E-state index is 12.4. The zero-order valence-electron chi connectivity index (χ0n) is 13.9. The third-order valence-corrected chi connectivity index (χ3v) is 3.91. The van der Waals surface area contributed by atoms with Gasteiger partial charge in [0, 0.05) is 29.4 Å². The summed E-state index contributed by atoms with van der Waals surface area (Å²) in [6.45, 7) is 3.66. The Bertz CT molecular complexity index is 1050. The standard InChI is InChI=1S/C20H17N3O3/c1-2-18(24)23-15-7-5-6-13(10-15)19(25)21-11-14-12-22-20(26)17-9-4-3-8-16(14)17/h2-10,12H,1,11H2,(H,21,25)(H,22,26)(H,23,24). The van der Waals surface area contributed by atoms with Gasteiger partial charge >= 0.3 is 0 Å². The number of fused-ring (bicyclic) bond motifs is 1. The van der Waals surface area contributed by atoms with Crippen LogP contribution < -0.4 is 16.2 Å². The minimum absolute atomic E-state index is 0.165. The van der Waals surface area contributed by atoms with E-state index < -0.39 is 0 Å². The zero-order valence-corrected chi connectivity index (χ0v) is 13.9. The molecular weight excluding hydrogens is 330 g/mol.